The molecule has 0 atom stereocenters. The topological polar surface area (TPSA) is 74.0 Å². The van der Waals surface area contributed by atoms with Gasteiger partial charge in [-0.1, -0.05) is 11.3 Å². The van der Waals surface area contributed by atoms with Gasteiger partial charge in [0.2, 0.25) is 0 Å². The number of nitrogens with zero attached hydrogens (tertiary/aromatic N) is 2. The minimum Gasteiger partial charge on any atom is -0.494 e. The van der Waals surface area contributed by atoms with Crippen LogP contribution >= 0.6 is 11.3 Å². The molecule has 0 bridgehead atoms. The second-order valence-electron chi connectivity index (χ2n) is 6.89. The first-order valence-electron chi connectivity index (χ1n) is 9.98. The number of furan rings is 1. The van der Waals surface area contributed by atoms with E-state index in [0.29, 0.717) is 47.8 Å². The minimum absolute atomic E-state index is 0.197. The number of hydrogen-bond donors (Lipinski definition) is 0. The van der Waals surface area contributed by atoms with E-state index in [1.54, 1.807) is 35.4 Å². The molecule has 158 valence electrons. The summed E-state index contributed by atoms with van der Waals surface area (Å²) in [5.74, 6) is 2.46. The maximum Gasteiger partial charge on any atom is 0.260 e. The molecule has 0 N–H and O–H groups in total. The van der Waals surface area contributed by atoms with Gasteiger partial charge in [-0.05, 0) is 55.5 Å². The molecular formula is C23H20N2O5S. The Morgan fingerprint density at radius 2 is 2.00 bits per heavy atom. The number of aromatic nitrogens is 1. The second-order valence-corrected chi connectivity index (χ2v) is 7.90. The molecule has 0 unspecified atom stereocenters. The van der Waals surface area contributed by atoms with Gasteiger partial charge < -0.3 is 18.6 Å². The van der Waals surface area contributed by atoms with Crippen molar-refractivity contribution in [2.75, 3.05) is 24.7 Å². The lowest BCUT2D eigenvalue weighted by Crippen LogP contribution is -2.30. The number of benzene rings is 2. The summed E-state index contributed by atoms with van der Waals surface area (Å²) in [6.45, 7) is 3.75. The summed E-state index contributed by atoms with van der Waals surface area (Å²) < 4.78 is 23.3. The molecule has 7 nitrogen and oxygen atoms in total. The van der Waals surface area contributed by atoms with Crippen LogP contribution in [0.5, 0.6) is 17.2 Å². The first-order valence-corrected chi connectivity index (χ1v) is 10.8. The Bertz CT molecular complexity index is 1220. The van der Waals surface area contributed by atoms with Crippen molar-refractivity contribution in [3.05, 3.63) is 66.1 Å². The molecule has 1 aliphatic heterocycles. The molecule has 1 aliphatic rings. The van der Waals surface area contributed by atoms with Gasteiger partial charge in [0.25, 0.3) is 5.91 Å². The van der Waals surface area contributed by atoms with Gasteiger partial charge in [0.05, 0.1) is 29.6 Å². The first kappa shape index (κ1) is 19.4. The molecule has 0 fully saturated rings. The van der Waals surface area contributed by atoms with E-state index < -0.39 is 0 Å². The number of carbonyl (C=O) groups is 1. The van der Waals surface area contributed by atoms with Gasteiger partial charge in [-0.2, -0.15) is 0 Å². The van der Waals surface area contributed by atoms with Crippen LogP contribution in [-0.4, -0.2) is 30.7 Å². The summed E-state index contributed by atoms with van der Waals surface area (Å²) in [5, 5.41) is 0.583. The number of fused-ring (bicyclic) bond motifs is 2. The highest BCUT2D eigenvalue weighted by Gasteiger charge is 2.24. The molecule has 0 aliphatic carbocycles. The standard InChI is InChI=1S/C23H20N2O5S/c1-2-27-16-6-7-18-21(13-16)31-23(24-18)25(14-17-4-3-9-28-17)22(26)15-5-8-19-20(12-15)30-11-10-29-19/h3-9,12-13H,2,10-11,14H2,1H3. The Morgan fingerprint density at radius 1 is 1.13 bits per heavy atom. The maximum absolute atomic E-state index is 13.5. The molecular weight excluding hydrogens is 416 g/mol. The molecule has 0 saturated heterocycles. The Balaban J connectivity index is 1.52. The normalized spacial score (nSPS) is 12.7. The van der Waals surface area contributed by atoms with Gasteiger partial charge in [-0.3, -0.25) is 9.69 Å². The third-order valence-electron chi connectivity index (χ3n) is 4.82. The molecule has 4 aromatic rings. The number of hydrogen-bond acceptors (Lipinski definition) is 7. The second kappa shape index (κ2) is 8.31. The molecule has 0 saturated carbocycles. The number of anilines is 1. The van der Waals surface area contributed by atoms with E-state index in [1.807, 2.05) is 31.2 Å². The zero-order chi connectivity index (χ0) is 21.2. The van der Waals surface area contributed by atoms with Crippen molar-refractivity contribution in [1.29, 1.82) is 0 Å². The van der Waals surface area contributed by atoms with E-state index in [-0.39, 0.29) is 12.5 Å². The van der Waals surface area contributed by atoms with Gasteiger partial charge >= 0.3 is 0 Å². The third kappa shape index (κ3) is 3.94. The predicted molar refractivity (Wildman–Crippen MR) is 117 cm³/mol. The van der Waals surface area contributed by atoms with E-state index in [9.17, 15) is 4.79 Å². The molecule has 5 rings (SSSR count). The van der Waals surface area contributed by atoms with Crippen molar-refractivity contribution >= 4 is 32.6 Å². The predicted octanol–water partition coefficient (Wildman–Crippen LogP) is 4.91. The van der Waals surface area contributed by atoms with E-state index in [4.69, 9.17) is 23.6 Å². The molecule has 0 radical (unpaired) electrons. The van der Waals surface area contributed by atoms with Crippen LogP contribution in [0.3, 0.4) is 0 Å². The average Bonchev–Trinajstić information content (AvgIpc) is 3.46. The van der Waals surface area contributed by atoms with Gasteiger partial charge in [0.15, 0.2) is 16.6 Å². The SMILES string of the molecule is CCOc1ccc2nc(N(Cc3ccco3)C(=O)c3ccc4c(c3)OCCO4)sc2c1. The zero-order valence-electron chi connectivity index (χ0n) is 16.9. The Morgan fingerprint density at radius 3 is 2.81 bits per heavy atom. The third-order valence-corrected chi connectivity index (χ3v) is 5.86. The molecule has 0 spiro atoms. The van der Waals surface area contributed by atoms with Crippen LogP contribution in [0, 0.1) is 0 Å². The van der Waals surface area contributed by atoms with Gasteiger partial charge in [-0.25, -0.2) is 4.98 Å². The number of amides is 1. The summed E-state index contributed by atoms with van der Waals surface area (Å²) in [6, 6.07) is 14.6. The number of rotatable bonds is 6. The lowest BCUT2D eigenvalue weighted by molar-refractivity contribution is 0.0982. The van der Waals surface area contributed by atoms with Crippen molar-refractivity contribution in [3.8, 4) is 17.2 Å². The van der Waals surface area contributed by atoms with Crippen molar-refractivity contribution < 1.29 is 23.4 Å². The molecule has 8 heteroatoms. The van der Waals surface area contributed by atoms with Crippen LogP contribution < -0.4 is 19.1 Å². The fraction of sp³-hybridized carbons (Fsp3) is 0.217. The fourth-order valence-electron chi connectivity index (χ4n) is 3.38. The lowest BCUT2D eigenvalue weighted by Gasteiger charge is -2.21. The smallest absolute Gasteiger partial charge is 0.260 e. The van der Waals surface area contributed by atoms with Gasteiger partial charge in [-0.15, -0.1) is 0 Å². The van der Waals surface area contributed by atoms with Crippen LogP contribution in [0.25, 0.3) is 10.2 Å². The van der Waals surface area contributed by atoms with Crippen LogP contribution in [0.4, 0.5) is 5.13 Å². The monoisotopic (exact) mass is 436 g/mol. The minimum atomic E-state index is -0.197. The van der Waals surface area contributed by atoms with E-state index in [2.05, 4.69) is 0 Å². The summed E-state index contributed by atoms with van der Waals surface area (Å²) in [4.78, 5) is 19.9. The van der Waals surface area contributed by atoms with Crippen molar-refractivity contribution in [1.82, 2.24) is 4.98 Å². The fourth-order valence-corrected chi connectivity index (χ4v) is 4.37. The first-order chi connectivity index (χ1) is 15.2. The number of thiazole rings is 1. The number of carbonyl (C=O) groups excluding carboxylic acids is 1. The molecule has 31 heavy (non-hydrogen) atoms. The Labute approximate surface area is 182 Å². The summed E-state index contributed by atoms with van der Waals surface area (Å²) in [6.07, 6.45) is 1.59. The van der Waals surface area contributed by atoms with Gasteiger partial charge in [0, 0.05) is 5.56 Å². The van der Waals surface area contributed by atoms with Crippen molar-refractivity contribution in [2.24, 2.45) is 0 Å². The molecule has 3 heterocycles. The van der Waals surface area contributed by atoms with Crippen LogP contribution in [0.2, 0.25) is 0 Å². The van der Waals surface area contributed by atoms with Crippen LogP contribution in [0.15, 0.2) is 59.2 Å². The maximum atomic E-state index is 13.5. The van der Waals surface area contributed by atoms with Crippen LogP contribution in [0.1, 0.15) is 23.0 Å². The molecule has 1 amide bonds. The van der Waals surface area contributed by atoms with E-state index >= 15 is 0 Å². The highest BCUT2D eigenvalue weighted by Crippen LogP contribution is 2.35. The van der Waals surface area contributed by atoms with Crippen LogP contribution in [-0.2, 0) is 6.54 Å². The zero-order valence-corrected chi connectivity index (χ0v) is 17.7. The average molecular weight is 436 g/mol. The molecule has 2 aromatic carbocycles. The lowest BCUT2D eigenvalue weighted by atomic mass is 10.1. The summed E-state index contributed by atoms with van der Waals surface area (Å²) >= 11 is 1.44. The summed E-state index contributed by atoms with van der Waals surface area (Å²) in [7, 11) is 0. The Hall–Kier alpha value is -3.52. The highest BCUT2D eigenvalue weighted by atomic mass is 32.1. The highest BCUT2D eigenvalue weighted by molar-refractivity contribution is 7.22. The number of ether oxygens (including phenoxy) is 3. The van der Waals surface area contributed by atoms with E-state index in [1.165, 1.54) is 11.3 Å². The van der Waals surface area contributed by atoms with Crippen molar-refractivity contribution in [2.45, 2.75) is 13.5 Å². The van der Waals surface area contributed by atoms with Crippen molar-refractivity contribution in [3.63, 3.8) is 0 Å². The molecule has 2 aromatic heterocycles. The van der Waals surface area contributed by atoms with E-state index in [0.717, 1.165) is 16.0 Å². The quantitative estimate of drug-likeness (QED) is 0.428. The van der Waals surface area contributed by atoms with Gasteiger partial charge in [0.1, 0.15) is 24.7 Å². The summed E-state index contributed by atoms with van der Waals surface area (Å²) in [5.41, 5.74) is 1.30. The Kier molecular flexibility index (Phi) is 5.21. The largest absolute Gasteiger partial charge is 0.494 e.